The van der Waals surface area contributed by atoms with Crippen molar-refractivity contribution in [3.05, 3.63) is 59.7 Å². The van der Waals surface area contributed by atoms with Crippen LogP contribution < -0.4 is 0 Å². The summed E-state index contributed by atoms with van der Waals surface area (Å²) >= 11 is 0. The minimum atomic E-state index is -4.86. The first-order chi connectivity index (χ1) is 12.3. The van der Waals surface area contributed by atoms with E-state index >= 15 is 0 Å². The van der Waals surface area contributed by atoms with Crippen LogP contribution in [0.3, 0.4) is 0 Å². The van der Waals surface area contributed by atoms with Crippen LogP contribution in [0, 0.1) is 0 Å². The molecule has 1 fully saturated rings. The Labute approximate surface area is 150 Å². The first-order valence-corrected chi connectivity index (χ1v) is 8.52. The van der Waals surface area contributed by atoms with Gasteiger partial charge in [-0.15, -0.1) is 0 Å². The third-order valence-corrected chi connectivity index (χ3v) is 4.39. The summed E-state index contributed by atoms with van der Waals surface area (Å²) < 4.78 is 42.7. The van der Waals surface area contributed by atoms with Crippen LogP contribution in [0.25, 0.3) is 0 Å². The molecule has 2 rings (SSSR count). The van der Waals surface area contributed by atoms with Gasteiger partial charge in [0.05, 0.1) is 0 Å². The van der Waals surface area contributed by atoms with E-state index < -0.39 is 12.0 Å². The van der Waals surface area contributed by atoms with Crippen molar-refractivity contribution in [2.45, 2.75) is 50.8 Å². The van der Waals surface area contributed by atoms with Gasteiger partial charge in [0.1, 0.15) is 6.10 Å². The zero-order chi connectivity index (χ0) is 19.2. The van der Waals surface area contributed by atoms with Gasteiger partial charge >= 0.3 is 12.1 Å². The Morgan fingerprint density at radius 1 is 1.04 bits per heavy atom. The average Bonchev–Trinajstić information content (AvgIpc) is 2.61. The summed E-state index contributed by atoms with van der Waals surface area (Å²) in [4.78, 5) is 22.9. The molecular weight excluding hydrogens is 345 g/mol. The summed E-state index contributed by atoms with van der Waals surface area (Å²) in [5.41, 5.74) is 0.554. The molecule has 1 aliphatic carbocycles. The molecule has 0 aromatic heterocycles. The van der Waals surface area contributed by atoms with E-state index in [-0.39, 0.29) is 23.6 Å². The molecule has 1 aliphatic rings. The fourth-order valence-electron chi connectivity index (χ4n) is 3.03. The number of alkyl halides is 3. The summed E-state index contributed by atoms with van der Waals surface area (Å²) in [5, 5.41) is 0. The van der Waals surface area contributed by atoms with E-state index in [0.717, 1.165) is 18.4 Å². The second kappa shape index (κ2) is 8.83. The van der Waals surface area contributed by atoms with Gasteiger partial charge in [-0.2, -0.15) is 13.2 Å². The maximum Gasteiger partial charge on any atom is 0.454 e. The maximum absolute atomic E-state index is 12.4. The van der Waals surface area contributed by atoms with Crippen LogP contribution in [-0.2, 0) is 9.53 Å². The smallest absolute Gasteiger partial charge is 0.454 e. The fourth-order valence-corrected chi connectivity index (χ4v) is 3.03. The number of halogens is 3. The number of Topliss-reactive ketones (excluding diaryl/α,β-unsaturated/α-hetero) is 1. The molecule has 0 saturated heterocycles. The Morgan fingerprint density at radius 2 is 1.65 bits per heavy atom. The number of allylic oxidation sites excluding steroid dienone is 3. The minimum absolute atomic E-state index is 0.139. The third-order valence-electron chi connectivity index (χ3n) is 4.39. The molecule has 1 saturated carbocycles. The van der Waals surface area contributed by atoms with Crippen LogP contribution in [0.1, 0.15) is 54.4 Å². The van der Waals surface area contributed by atoms with Crippen LogP contribution in [0.5, 0.6) is 0 Å². The van der Waals surface area contributed by atoms with E-state index in [9.17, 15) is 22.8 Å². The number of carbonyl (C=O) groups excluding carboxylic acids is 2. The topological polar surface area (TPSA) is 43.4 Å². The first kappa shape index (κ1) is 19.9. The first-order valence-electron chi connectivity index (χ1n) is 8.52. The highest BCUT2D eigenvalue weighted by Gasteiger charge is 2.39. The van der Waals surface area contributed by atoms with Crippen LogP contribution in [0.4, 0.5) is 13.2 Å². The fraction of sp³-hybridized carbons (Fsp3) is 0.400. The lowest BCUT2D eigenvalue weighted by molar-refractivity contribution is -0.144. The second-order valence-electron chi connectivity index (χ2n) is 6.24. The summed E-state index contributed by atoms with van der Waals surface area (Å²) in [5.74, 6) is -2.01. The number of rotatable bonds is 5. The predicted octanol–water partition coefficient (Wildman–Crippen LogP) is 5.13. The van der Waals surface area contributed by atoms with Crippen molar-refractivity contribution in [1.29, 1.82) is 0 Å². The molecule has 0 N–H and O–H groups in total. The molecule has 0 atom stereocenters. The van der Waals surface area contributed by atoms with E-state index in [1.807, 2.05) is 13.0 Å². The van der Waals surface area contributed by atoms with Gasteiger partial charge in [0.25, 0.3) is 5.78 Å². The van der Waals surface area contributed by atoms with Gasteiger partial charge < -0.3 is 4.74 Å². The molecule has 0 aliphatic heterocycles. The molecule has 0 amide bonds. The molecule has 0 heterocycles. The molecule has 1 aromatic rings. The lowest BCUT2D eigenvalue weighted by atomic mass is 9.82. The number of hydrogen-bond donors (Lipinski definition) is 0. The summed E-state index contributed by atoms with van der Waals surface area (Å²) in [7, 11) is 0. The van der Waals surface area contributed by atoms with Crippen molar-refractivity contribution in [3.63, 3.8) is 0 Å². The van der Waals surface area contributed by atoms with Crippen LogP contribution in [0.15, 0.2) is 48.6 Å². The maximum atomic E-state index is 12.4. The lowest BCUT2D eigenvalue weighted by Gasteiger charge is -2.28. The molecule has 140 valence electrons. The zero-order valence-electron chi connectivity index (χ0n) is 14.5. The molecular formula is C20H21F3O3. The molecule has 0 radical (unpaired) electrons. The highest BCUT2D eigenvalue weighted by molar-refractivity contribution is 6.00. The van der Waals surface area contributed by atoms with Crippen LogP contribution in [-0.4, -0.2) is 24.0 Å². The van der Waals surface area contributed by atoms with Crippen molar-refractivity contribution >= 4 is 11.8 Å². The largest absolute Gasteiger partial charge is 0.459 e. The zero-order valence-corrected chi connectivity index (χ0v) is 14.5. The number of hydrogen-bond acceptors (Lipinski definition) is 3. The van der Waals surface area contributed by atoms with Gasteiger partial charge in [-0.1, -0.05) is 42.5 Å². The second-order valence-corrected chi connectivity index (χ2v) is 6.24. The number of esters is 1. The average molecular weight is 366 g/mol. The van der Waals surface area contributed by atoms with Gasteiger partial charge in [-0.25, -0.2) is 4.79 Å². The van der Waals surface area contributed by atoms with Crippen molar-refractivity contribution in [3.8, 4) is 0 Å². The number of benzene rings is 1. The van der Waals surface area contributed by atoms with Crippen LogP contribution in [0.2, 0.25) is 0 Å². The molecule has 0 spiro atoms. The van der Waals surface area contributed by atoms with E-state index in [0.29, 0.717) is 12.8 Å². The predicted molar refractivity (Wildman–Crippen MR) is 91.9 cm³/mol. The van der Waals surface area contributed by atoms with Gasteiger partial charge in [0, 0.05) is 11.6 Å². The van der Waals surface area contributed by atoms with E-state index in [1.165, 1.54) is 18.2 Å². The monoisotopic (exact) mass is 366 g/mol. The minimum Gasteiger partial charge on any atom is -0.459 e. The Morgan fingerprint density at radius 3 is 2.19 bits per heavy atom. The summed E-state index contributed by atoms with van der Waals surface area (Å²) in [6.07, 6.45) is 4.53. The molecule has 3 nitrogen and oxygen atoms in total. The quantitative estimate of drug-likeness (QED) is 0.314. The molecule has 26 heavy (non-hydrogen) atoms. The Bertz CT molecular complexity index is 679. The van der Waals surface area contributed by atoms with Gasteiger partial charge in [0.2, 0.25) is 0 Å². The van der Waals surface area contributed by atoms with E-state index in [1.54, 1.807) is 24.3 Å². The molecule has 0 bridgehead atoms. The number of carbonyl (C=O) groups is 2. The van der Waals surface area contributed by atoms with Gasteiger partial charge in [0.15, 0.2) is 0 Å². The highest BCUT2D eigenvalue weighted by atomic mass is 19.4. The Kier molecular flexibility index (Phi) is 6.77. The van der Waals surface area contributed by atoms with Gasteiger partial charge in [-0.3, -0.25) is 4.79 Å². The van der Waals surface area contributed by atoms with Crippen molar-refractivity contribution in [1.82, 2.24) is 0 Å². The normalized spacial score (nSPS) is 21.2. The molecule has 1 aromatic carbocycles. The summed E-state index contributed by atoms with van der Waals surface area (Å²) in [6.45, 7) is 1.85. The highest BCUT2D eigenvalue weighted by Crippen LogP contribution is 2.34. The number of ether oxygens (including phenoxy) is 1. The Balaban J connectivity index is 1.88. The van der Waals surface area contributed by atoms with Crippen molar-refractivity contribution in [2.24, 2.45) is 0 Å². The third kappa shape index (κ3) is 5.58. The van der Waals surface area contributed by atoms with Crippen molar-refractivity contribution < 1.29 is 27.5 Å². The van der Waals surface area contributed by atoms with Crippen LogP contribution >= 0.6 is 0 Å². The standard InChI is InChI=1S/C20H21F3O3/c1-2-3-4-5-18(24)26-17-12-10-15(11-13-17)14-6-8-16(9-7-14)19(25)20(21,22)23/h2-9,15,17H,10-13H2,1H3. The Hall–Kier alpha value is -2.37. The summed E-state index contributed by atoms with van der Waals surface area (Å²) in [6, 6.07) is 5.61. The molecule has 6 heteroatoms. The lowest BCUT2D eigenvalue weighted by Crippen LogP contribution is -2.24. The van der Waals surface area contributed by atoms with E-state index in [2.05, 4.69) is 0 Å². The van der Waals surface area contributed by atoms with E-state index in [4.69, 9.17) is 4.74 Å². The SMILES string of the molecule is CC=CC=CC(=O)OC1CCC(c2ccc(C(=O)C(F)(F)F)cc2)CC1. The van der Waals surface area contributed by atoms with Crippen molar-refractivity contribution in [2.75, 3.05) is 0 Å². The van der Waals surface area contributed by atoms with Gasteiger partial charge in [-0.05, 0) is 44.1 Å². The number of ketones is 1. The molecule has 0 unspecified atom stereocenters.